The summed E-state index contributed by atoms with van der Waals surface area (Å²) in [6.07, 6.45) is 3.37. The van der Waals surface area contributed by atoms with Crippen molar-refractivity contribution in [2.24, 2.45) is 0 Å². The van der Waals surface area contributed by atoms with Crippen LogP contribution in [0.1, 0.15) is 42.5 Å². The van der Waals surface area contributed by atoms with E-state index in [0.29, 0.717) is 43.8 Å². The lowest BCUT2D eigenvalue weighted by atomic mass is 9.94. The van der Waals surface area contributed by atoms with Gasteiger partial charge in [-0.15, -0.1) is 0 Å². The Kier molecular flexibility index (Phi) is 5.71. The van der Waals surface area contributed by atoms with E-state index in [1.807, 2.05) is 6.07 Å². The number of hydrogen-bond acceptors (Lipinski definition) is 5. The molecule has 0 aliphatic carbocycles. The number of carbonyl (C=O) groups is 3. The first-order valence-electron chi connectivity index (χ1n) is 10.3. The van der Waals surface area contributed by atoms with E-state index in [0.717, 1.165) is 19.4 Å². The molecule has 2 saturated heterocycles. The van der Waals surface area contributed by atoms with Gasteiger partial charge in [0.25, 0.3) is 5.91 Å². The predicted molar refractivity (Wildman–Crippen MR) is 105 cm³/mol. The molecule has 3 amide bonds. The molecule has 0 radical (unpaired) electrons. The number of rotatable bonds is 4. The number of ether oxygens (including phenoxy) is 2. The molecule has 1 aromatic carbocycles. The number of nitrogens with one attached hydrogen (secondary N) is 2. The zero-order valence-electron chi connectivity index (χ0n) is 16.4. The van der Waals surface area contributed by atoms with Gasteiger partial charge in [-0.1, -0.05) is 12.1 Å². The van der Waals surface area contributed by atoms with E-state index < -0.39 is 5.60 Å². The van der Waals surface area contributed by atoms with Gasteiger partial charge in [-0.3, -0.25) is 14.4 Å². The van der Waals surface area contributed by atoms with Gasteiger partial charge in [0.1, 0.15) is 11.4 Å². The first-order valence-corrected chi connectivity index (χ1v) is 10.3. The lowest BCUT2D eigenvalue weighted by molar-refractivity contribution is -0.135. The normalized spacial score (nSPS) is 26.9. The highest BCUT2D eigenvalue weighted by Crippen LogP contribution is 2.33. The van der Waals surface area contributed by atoms with Gasteiger partial charge >= 0.3 is 0 Å². The summed E-state index contributed by atoms with van der Waals surface area (Å²) in [5.74, 6) is 0.128. The molecule has 29 heavy (non-hydrogen) atoms. The fourth-order valence-electron chi connectivity index (χ4n) is 4.14. The van der Waals surface area contributed by atoms with Crippen LogP contribution in [0.25, 0.3) is 0 Å². The van der Waals surface area contributed by atoms with Crippen LogP contribution in [-0.2, 0) is 14.3 Å². The predicted octanol–water partition coefficient (Wildman–Crippen LogP) is 0.855. The molecule has 0 saturated carbocycles. The average Bonchev–Trinajstić information content (AvgIpc) is 3.15. The van der Waals surface area contributed by atoms with Gasteiger partial charge in [-0.05, 0) is 31.4 Å². The maximum atomic E-state index is 12.6. The third-order valence-corrected chi connectivity index (χ3v) is 5.90. The molecular formula is C21H27N3O5. The standard InChI is InChI=1S/C21H27N3O5/c25-18(22-12-15-4-3-11-28-15)13-24-10-9-21(8-7-19(24)26)14-23-20(27)16-5-1-2-6-17(16)29-21/h1-2,5-6,15H,3-4,7-14H2,(H,22,25)(H,23,27). The zero-order valence-corrected chi connectivity index (χ0v) is 16.4. The van der Waals surface area contributed by atoms with Crippen LogP contribution in [0.5, 0.6) is 5.75 Å². The summed E-state index contributed by atoms with van der Waals surface area (Å²) >= 11 is 0. The minimum Gasteiger partial charge on any atom is -0.485 e. The molecule has 2 fully saturated rings. The van der Waals surface area contributed by atoms with E-state index in [1.54, 1.807) is 23.1 Å². The molecule has 3 aliphatic rings. The maximum Gasteiger partial charge on any atom is 0.255 e. The molecular weight excluding hydrogens is 374 g/mol. The Morgan fingerprint density at radius 1 is 1.28 bits per heavy atom. The highest BCUT2D eigenvalue weighted by atomic mass is 16.5. The lowest BCUT2D eigenvalue weighted by Gasteiger charge is -2.32. The van der Waals surface area contributed by atoms with Crippen LogP contribution in [-0.4, -0.2) is 67.1 Å². The van der Waals surface area contributed by atoms with E-state index in [4.69, 9.17) is 9.47 Å². The van der Waals surface area contributed by atoms with Gasteiger partial charge < -0.3 is 25.0 Å². The minimum absolute atomic E-state index is 0.0323. The van der Waals surface area contributed by atoms with Crippen molar-refractivity contribution in [2.45, 2.75) is 43.8 Å². The van der Waals surface area contributed by atoms with Crippen molar-refractivity contribution in [1.29, 1.82) is 0 Å². The second kappa shape index (κ2) is 8.41. The van der Waals surface area contributed by atoms with Crippen LogP contribution in [0.15, 0.2) is 24.3 Å². The van der Waals surface area contributed by atoms with Crippen LogP contribution < -0.4 is 15.4 Å². The van der Waals surface area contributed by atoms with Crippen molar-refractivity contribution in [3.63, 3.8) is 0 Å². The molecule has 2 unspecified atom stereocenters. The zero-order chi connectivity index (χ0) is 20.3. The third kappa shape index (κ3) is 4.53. The smallest absolute Gasteiger partial charge is 0.255 e. The first-order chi connectivity index (χ1) is 14.0. The van der Waals surface area contributed by atoms with Crippen molar-refractivity contribution in [3.05, 3.63) is 29.8 Å². The minimum atomic E-state index is -0.652. The lowest BCUT2D eigenvalue weighted by Crippen LogP contribution is -2.46. The number of benzene rings is 1. The van der Waals surface area contributed by atoms with E-state index >= 15 is 0 Å². The van der Waals surface area contributed by atoms with E-state index in [2.05, 4.69) is 10.6 Å². The van der Waals surface area contributed by atoms with Crippen LogP contribution in [0.2, 0.25) is 0 Å². The summed E-state index contributed by atoms with van der Waals surface area (Å²) in [7, 11) is 0. The number of amides is 3. The molecule has 8 nitrogen and oxygen atoms in total. The summed E-state index contributed by atoms with van der Waals surface area (Å²) in [5, 5.41) is 5.79. The van der Waals surface area contributed by atoms with Crippen LogP contribution in [0.3, 0.4) is 0 Å². The number of para-hydroxylation sites is 1. The monoisotopic (exact) mass is 401 g/mol. The summed E-state index contributed by atoms with van der Waals surface area (Å²) in [6.45, 7) is 2.01. The highest BCUT2D eigenvalue weighted by Gasteiger charge is 2.40. The van der Waals surface area contributed by atoms with Gasteiger partial charge in [0.2, 0.25) is 11.8 Å². The number of hydrogen-bond donors (Lipinski definition) is 2. The van der Waals surface area contributed by atoms with Crippen molar-refractivity contribution in [1.82, 2.24) is 15.5 Å². The Morgan fingerprint density at radius 2 is 2.14 bits per heavy atom. The van der Waals surface area contributed by atoms with E-state index in [-0.39, 0.29) is 36.8 Å². The molecule has 3 aliphatic heterocycles. The van der Waals surface area contributed by atoms with Crippen LogP contribution in [0.4, 0.5) is 0 Å². The van der Waals surface area contributed by atoms with Gasteiger partial charge in [-0.25, -0.2) is 0 Å². The van der Waals surface area contributed by atoms with Gasteiger partial charge in [0, 0.05) is 32.5 Å². The molecule has 1 spiro atoms. The topological polar surface area (TPSA) is 97.0 Å². The molecule has 2 atom stereocenters. The largest absolute Gasteiger partial charge is 0.485 e. The quantitative estimate of drug-likeness (QED) is 0.780. The fourth-order valence-corrected chi connectivity index (χ4v) is 4.14. The summed E-state index contributed by atoms with van der Waals surface area (Å²) in [4.78, 5) is 38.8. The summed E-state index contributed by atoms with van der Waals surface area (Å²) < 4.78 is 11.8. The molecule has 2 N–H and O–H groups in total. The SMILES string of the molecule is O=C(CN1CCC2(CCC1=O)CNC(=O)c1ccccc1O2)NCC1CCCO1. The summed E-state index contributed by atoms with van der Waals surface area (Å²) in [6, 6.07) is 7.15. The van der Waals surface area contributed by atoms with Crippen LogP contribution in [0, 0.1) is 0 Å². The average molecular weight is 401 g/mol. The maximum absolute atomic E-state index is 12.6. The molecule has 1 aromatic rings. The van der Waals surface area contributed by atoms with Gasteiger partial charge in [0.15, 0.2) is 0 Å². The van der Waals surface area contributed by atoms with Crippen molar-refractivity contribution >= 4 is 17.7 Å². The first kappa shape index (κ1) is 19.7. The molecule has 4 rings (SSSR count). The number of nitrogens with zero attached hydrogens (tertiary/aromatic N) is 1. The molecule has 0 aromatic heterocycles. The Hall–Kier alpha value is -2.61. The Bertz CT molecular complexity index is 792. The number of carbonyl (C=O) groups excluding carboxylic acids is 3. The fraction of sp³-hybridized carbons (Fsp3) is 0.571. The van der Waals surface area contributed by atoms with Gasteiger partial charge in [-0.2, -0.15) is 0 Å². The molecule has 156 valence electrons. The second-order valence-electron chi connectivity index (χ2n) is 7.97. The van der Waals surface area contributed by atoms with Gasteiger partial charge in [0.05, 0.1) is 24.8 Å². The van der Waals surface area contributed by atoms with E-state index in [1.165, 1.54) is 0 Å². The molecule has 8 heteroatoms. The van der Waals surface area contributed by atoms with Crippen molar-refractivity contribution in [2.75, 3.05) is 32.8 Å². The number of fused-ring (bicyclic) bond motifs is 1. The van der Waals surface area contributed by atoms with E-state index in [9.17, 15) is 14.4 Å². The number of likely N-dealkylation sites (tertiary alicyclic amines) is 1. The second-order valence-corrected chi connectivity index (χ2v) is 7.97. The molecule has 3 heterocycles. The highest BCUT2D eigenvalue weighted by molar-refractivity contribution is 5.97. The van der Waals surface area contributed by atoms with Crippen molar-refractivity contribution in [3.8, 4) is 5.75 Å². The summed E-state index contributed by atoms with van der Waals surface area (Å²) in [5.41, 5.74) is -0.147. The Morgan fingerprint density at radius 3 is 2.97 bits per heavy atom. The van der Waals surface area contributed by atoms with Crippen LogP contribution >= 0.6 is 0 Å². The Labute approximate surface area is 169 Å². The van der Waals surface area contributed by atoms with Crippen molar-refractivity contribution < 1.29 is 23.9 Å². The molecule has 0 bridgehead atoms. The Balaban J connectivity index is 1.38. The third-order valence-electron chi connectivity index (χ3n) is 5.90.